The molecule has 1 heterocycles. The first-order valence-electron chi connectivity index (χ1n) is 8.14. The lowest BCUT2D eigenvalue weighted by Gasteiger charge is -2.58. The Bertz CT molecular complexity index is 843. The van der Waals surface area contributed by atoms with Crippen molar-refractivity contribution in [2.75, 3.05) is 18.6 Å². The number of alkyl halides is 2. The molecular formula is C16H20F2N2O5S. The first-order chi connectivity index (χ1) is 12.0. The lowest BCUT2D eigenvalue weighted by Crippen LogP contribution is -2.66. The van der Waals surface area contributed by atoms with Crippen LogP contribution in [0.15, 0.2) is 23.1 Å². The highest BCUT2D eigenvalue weighted by Crippen LogP contribution is 2.55. The third-order valence-electron chi connectivity index (χ3n) is 5.54. The highest BCUT2D eigenvalue weighted by molar-refractivity contribution is 7.91. The van der Waals surface area contributed by atoms with Crippen LogP contribution in [0, 0.1) is 21.4 Å². The first kappa shape index (κ1) is 19.0. The van der Waals surface area contributed by atoms with Crippen LogP contribution >= 0.6 is 0 Å². The van der Waals surface area contributed by atoms with E-state index < -0.39 is 31.1 Å². The van der Waals surface area contributed by atoms with E-state index in [2.05, 4.69) is 0 Å². The van der Waals surface area contributed by atoms with E-state index in [-0.39, 0.29) is 29.2 Å². The third kappa shape index (κ3) is 2.66. The van der Waals surface area contributed by atoms with Crippen LogP contribution in [0.2, 0.25) is 0 Å². The van der Waals surface area contributed by atoms with Crippen LogP contribution in [-0.4, -0.2) is 44.9 Å². The van der Waals surface area contributed by atoms with Gasteiger partial charge in [-0.1, -0.05) is 13.8 Å². The summed E-state index contributed by atoms with van der Waals surface area (Å²) in [5.74, 6) is -3.41. The smallest absolute Gasteiger partial charge is 0.341 e. The third-order valence-corrected chi connectivity index (χ3v) is 6.92. The number of hydrogen-bond acceptors (Lipinski definition) is 6. The van der Waals surface area contributed by atoms with E-state index in [1.165, 1.54) is 6.07 Å². The van der Waals surface area contributed by atoms with Crippen molar-refractivity contribution >= 4 is 21.2 Å². The molecule has 10 heteroatoms. The van der Waals surface area contributed by atoms with Crippen molar-refractivity contribution in [2.24, 2.45) is 11.3 Å². The van der Waals surface area contributed by atoms with Crippen LogP contribution in [0.3, 0.4) is 0 Å². The zero-order chi connectivity index (χ0) is 19.4. The number of anilines is 1. The molecule has 1 aliphatic heterocycles. The topological polar surface area (TPSA) is 89.8 Å². The molecule has 0 radical (unpaired) electrons. The van der Waals surface area contributed by atoms with E-state index in [9.17, 15) is 27.3 Å². The number of rotatable bonds is 5. The number of halogens is 2. The van der Waals surface area contributed by atoms with Crippen LogP contribution in [0.25, 0.3) is 0 Å². The van der Waals surface area contributed by atoms with Crippen LogP contribution < -0.4 is 4.90 Å². The lowest BCUT2D eigenvalue weighted by molar-refractivity contribution is -0.384. The van der Waals surface area contributed by atoms with Gasteiger partial charge in [0.15, 0.2) is 0 Å². The highest BCUT2D eigenvalue weighted by Gasteiger charge is 2.61. The average molecular weight is 390 g/mol. The van der Waals surface area contributed by atoms with Crippen molar-refractivity contribution in [3.05, 3.63) is 28.3 Å². The molecule has 3 atom stereocenters. The van der Waals surface area contributed by atoms with Crippen LogP contribution in [-0.2, 0) is 14.6 Å². The lowest BCUT2D eigenvalue weighted by atomic mass is 9.56. The molecule has 1 saturated carbocycles. The number of fused-ring (bicyclic) bond motifs is 1. The summed E-state index contributed by atoms with van der Waals surface area (Å²) in [5.41, 5.74) is -0.545. The van der Waals surface area contributed by atoms with Crippen molar-refractivity contribution < 1.29 is 26.9 Å². The fourth-order valence-corrected chi connectivity index (χ4v) is 5.20. The molecule has 144 valence electrons. The van der Waals surface area contributed by atoms with Gasteiger partial charge < -0.3 is 9.64 Å². The largest absolute Gasteiger partial charge is 0.377 e. The summed E-state index contributed by atoms with van der Waals surface area (Å²) in [6.07, 6.45) is 0.918. The Kier molecular flexibility index (Phi) is 4.47. The number of nitro groups is 1. The van der Waals surface area contributed by atoms with Gasteiger partial charge in [0, 0.05) is 37.1 Å². The molecule has 3 rings (SSSR count). The van der Waals surface area contributed by atoms with E-state index in [4.69, 9.17) is 4.74 Å². The fraction of sp³-hybridized carbons (Fsp3) is 0.625. The van der Waals surface area contributed by atoms with Crippen molar-refractivity contribution in [2.45, 2.75) is 43.1 Å². The van der Waals surface area contributed by atoms with Crippen LogP contribution in [0.1, 0.15) is 20.3 Å². The molecule has 1 aromatic rings. The minimum absolute atomic E-state index is 0.0359. The maximum absolute atomic E-state index is 12.7. The van der Waals surface area contributed by atoms with Gasteiger partial charge >= 0.3 is 5.76 Å². The second-order valence-corrected chi connectivity index (χ2v) is 9.25. The minimum Gasteiger partial charge on any atom is -0.377 e. The van der Waals surface area contributed by atoms with Gasteiger partial charge in [-0.25, -0.2) is 8.42 Å². The van der Waals surface area contributed by atoms with Gasteiger partial charge in [-0.15, -0.1) is 0 Å². The SMILES string of the molecule is CN(c1ccc(S(=O)(=O)C(F)F)cc1[N+](=O)[O-])[C@@H]1[C@H]2CCO[C@@H]2C1(C)C. The number of benzene rings is 1. The molecule has 7 nitrogen and oxygen atoms in total. The normalized spacial score (nSPS) is 27.1. The van der Waals surface area contributed by atoms with Gasteiger partial charge in [-0.05, 0) is 18.6 Å². The summed E-state index contributed by atoms with van der Waals surface area (Å²) in [6, 6.07) is 2.90. The Labute approximate surface area is 150 Å². The fourth-order valence-electron chi connectivity index (χ4n) is 4.46. The van der Waals surface area contributed by atoms with Crippen LogP contribution in [0.4, 0.5) is 20.2 Å². The van der Waals surface area contributed by atoms with Crippen LogP contribution in [0.5, 0.6) is 0 Å². The number of hydrogen-bond donors (Lipinski definition) is 0. The highest BCUT2D eigenvalue weighted by atomic mass is 32.2. The Balaban J connectivity index is 2.01. The molecule has 2 aliphatic rings. The molecule has 26 heavy (non-hydrogen) atoms. The second kappa shape index (κ2) is 6.12. The maximum atomic E-state index is 12.7. The zero-order valence-electron chi connectivity index (χ0n) is 14.6. The molecule has 0 unspecified atom stereocenters. The summed E-state index contributed by atoms with van der Waals surface area (Å²) < 4.78 is 54.5. The Hall–Kier alpha value is -1.81. The zero-order valence-corrected chi connectivity index (χ0v) is 15.4. The van der Waals surface area contributed by atoms with E-state index in [1.807, 2.05) is 13.8 Å². The van der Waals surface area contributed by atoms with E-state index in [1.54, 1.807) is 11.9 Å². The van der Waals surface area contributed by atoms with Gasteiger partial charge in [-0.3, -0.25) is 10.1 Å². The first-order valence-corrected chi connectivity index (χ1v) is 9.69. The maximum Gasteiger partial charge on any atom is 0.341 e. The quantitative estimate of drug-likeness (QED) is 0.567. The summed E-state index contributed by atoms with van der Waals surface area (Å²) in [6.45, 7) is 4.67. The Morgan fingerprint density at radius 3 is 2.62 bits per heavy atom. The predicted molar refractivity (Wildman–Crippen MR) is 90.1 cm³/mol. The van der Waals surface area contributed by atoms with Gasteiger partial charge in [-0.2, -0.15) is 8.78 Å². The van der Waals surface area contributed by atoms with Gasteiger partial charge in [0.2, 0.25) is 9.84 Å². The molecule has 0 bridgehead atoms. The minimum atomic E-state index is -4.90. The Morgan fingerprint density at radius 2 is 2.04 bits per heavy atom. The predicted octanol–water partition coefficient (Wildman–Crippen LogP) is 2.84. The van der Waals surface area contributed by atoms with E-state index in [0.717, 1.165) is 12.5 Å². The molecule has 0 spiro atoms. The van der Waals surface area contributed by atoms with Gasteiger partial charge in [0.05, 0.1) is 15.9 Å². The van der Waals surface area contributed by atoms with Crippen molar-refractivity contribution in [1.29, 1.82) is 0 Å². The molecular weight excluding hydrogens is 370 g/mol. The Morgan fingerprint density at radius 1 is 1.38 bits per heavy atom. The molecule has 1 aromatic carbocycles. The molecule has 1 aliphatic carbocycles. The molecule has 0 amide bonds. The summed E-state index contributed by atoms with van der Waals surface area (Å²) in [4.78, 5) is 11.7. The average Bonchev–Trinajstić information content (AvgIpc) is 3.00. The summed E-state index contributed by atoms with van der Waals surface area (Å²) >= 11 is 0. The monoisotopic (exact) mass is 390 g/mol. The number of sulfone groups is 1. The standard InChI is InChI=1S/C16H20F2N2O5S/c1-16(2)13(10-6-7-25-14(10)16)19(3)11-5-4-9(8-12(11)20(21)22)26(23,24)15(17)18/h4-5,8,10,13-15H,6-7H2,1-3H3/t10-,13-,14+/m1/s1. The number of ether oxygens (including phenoxy) is 1. The molecule has 1 saturated heterocycles. The molecule has 0 N–H and O–H groups in total. The number of nitrogens with zero attached hydrogens (tertiary/aromatic N) is 2. The van der Waals surface area contributed by atoms with Gasteiger partial charge in [0.25, 0.3) is 5.69 Å². The summed E-state index contributed by atoms with van der Waals surface area (Å²) in [5, 5.41) is 11.5. The molecule has 0 aromatic heterocycles. The summed E-state index contributed by atoms with van der Waals surface area (Å²) in [7, 11) is -3.20. The van der Waals surface area contributed by atoms with E-state index >= 15 is 0 Å². The van der Waals surface area contributed by atoms with E-state index in [0.29, 0.717) is 12.7 Å². The van der Waals surface area contributed by atoms with Crippen molar-refractivity contribution in [3.63, 3.8) is 0 Å². The number of nitro benzene ring substituents is 1. The second-order valence-electron chi connectivity index (χ2n) is 7.33. The molecule has 2 fully saturated rings. The van der Waals surface area contributed by atoms with Gasteiger partial charge in [0.1, 0.15) is 5.69 Å². The van der Waals surface area contributed by atoms with Crippen molar-refractivity contribution in [3.8, 4) is 0 Å². The van der Waals surface area contributed by atoms with Crippen molar-refractivity contribution in [1.82, 2.24) is 0 Å².